The van der Waals surface area contributed by atoms with Crippen LogP contribution in [0, 0.1) is 0 Å². The molecule has 0 aromatic heterocycles. The highest BCUT2D eigenvalue weighted by atomic mass is 16.7. The van der Waals surface area contributed by atoms with E-state index in [4.69, 9.17) is 18.9 Å². The molecule has 0 heterocycles. The maximum Gasteiger partial charge on any atom is 0.306 e. The fourth-order valence-corrected chi connectivity index (χ4v) is 6.15. The molecule has 0 aliphatic heterocycles. The maximum atomic E-state index is 12.7. The summed E-state index contributed by atoms with van der Waals surface area (Å²) in [4.78, 5) is 36.6. The van der Waals surface area contributed by atoms with Gasteiger partial charge in [0.25, 0.3) is 0 Å². The number of aliphatic carboxylic acids is 1. The number of likely N-dealkylation sites (N-methyl/N-ethyl adjacent to an activating group) is 1. The van der Waals surface area contributed by atoms with E-state index in [1.165, 1.54) is 64.2 Å². The van der Waals surface area contributed by atoms with Gasteiger partial charge >= 0.3 is 11.9 Å². The fourth-order valence-electron chi connectivity index (χ4n) is 6.15. The van der Waals surface area contributed by atoms with Crippen LogP contribution in [0.4, 0.5) is 0 Å². The Morgan fingerprint density at radius 1 is 0.525 bits per heavy atom. The van der Waals surface area contributed by atoms with Gasteiger partial charge in [0.05, 0.1) is 40.3 Å². The number of carbonyl (C=O) groups is 3. The van der Waals surface area contributed by atoms with Gasteiger partial charge in [-0.3, -0.25) is 9.59 Å². The highest BCUT2D eigenvalue weighted by Gasteiger charge is 2.21. The largest absolute Gasteiger partial charge is 0.545 e. The van der Waals surface area contributed by atoms with Gasteiger partial charge in [-0.15, -0.1) is 0 Å². The average Bonchev–Trinajstić information content (AvgIpc) is 3.19. The van der Waals surface area contributed by atoms with Crippen LogP contribution in [0.5, 0.6) is 0 Å². The third kappa shape index (κ3) is 42.9. The van der Waals surface area contributed by atoms with Crippen LogP contribution >= 0.6 is 0 Å². The summed E-state index contributed by atoms with van der Waals surface area (Å²) in [5, 5.41) is 11.6. The number of rotatable bonds is 42. The van der Waals surface area contributed by atoms with Gasteiger partial charge < -0.3 is 33.3 Å². The topological polar surface area (TPSA) is 111 Å². The molecule has 0 spiro atoms. The SMILES string of the molecule is CC/C=C\C/C=C\C/C=C\C/C=C\C/C=C\CCCCCCCCCCCCCCCC(=O)OC(COC(=O)CCCCCCC)COC(OCC[N+](C)(C)C)C(=O)[O-]. The van der Waals surface area contributed by atoms with Crippen LogP contribution in [0.3, 0.4) is 0 Å². The zero-order valence-electron chi connectivity index (χ0n) is 38.4. The van der Waals surface area contributed by atoms with E-state index in [1.54, 1.807) is 0 Å². The molecule has 0 radical (unpaired) electrons. The zero-order chi connectivity index (χ0) is 43.5. The molecule has 0 saturated carbocycles. The Balaban J connectivity index is 4.07. The van der Waals surface area contributed by atoms with Crippen LogP contribution in [-0.2, 0) is 33.3 Å². The van der Waals surface area contributed by atoms with E-state index in [1.807, 2.05) is 21.1 Å². The molecule has 2 atom stereocenters. The lowest BCUT2D eigenvalue weighted by Gasteiger charge is -2.26. The van der Waals surface area contributed by atoms with Crippen molar-refractivity contribution in [2.45, 2.75) is 193 Å². The molecule has 9 nitrogen and oxygen atoms in total. The molecule has 59 heavy (non-hydrogen) atoms. The molecule has 0 aliphatic rings. The third-order valence-electron chi connectivity index (χ3n) is 9.78. The predicted molar refractivity (Wildman–Crippen MR) is 242 cm³/mol. The summed E-state index contributed by atoms with van der Waals surface area (Å²) >= 11 is 0. The summed E-state index contributed by atoms with van der Waals surface area (Å²) in [6.07, 6.45) is 47.4. The van der Waals surface area contributed by atoms with Gasteiger partial charge in [0.2, 0.25) is 0 Å². The molecule has 0 fully saturated rings. The standard InChI is InChI=1S/C50H87NO8/c1-6-8-10-12-13-14-15-16-17-18-19-20-21-22-23-24-25-26-27-28-29-30-31-32-33-34-35-37-39-41-48(53)59-46(44-57-47(52)40-38-36-11-9-7-2)45-58-50(49(54)55)56-43-42-51(3,4)5/h8,10,13-14,16-17,19-20,22-23,46,50H,6-7,9,11-12,15,18,21,24-45H2,1-5H3/b10-8-,14-13-,17-16-,20-19-,23-22-. The first-order valence-corrected chi connectivity index (χ1v) is 23.4. The first-order valence-electron chi connectivity index (χ1n) is 23.4. The Hall–Kier alpha value is -3.01. The molecule has 0 aromatic carbocycles. The van der Waals surface area contributed by atoms with Crippen LogP contribution in [0.1, 0.15) is 181 Å². The zero-order valence-corrected chi connectivity index (χ0v) is 38.4. The number of esters is 2. The number of nitrogens with zero attached hydrogens (tertiary/aromatic N) is 1. The Labute approximate surface area is 361 Å². The Morgan fingerprint density at radius 3 is 1.44 bits per heavy atom. The summed E-state index contributed by atoms with van der Waals surface area (Å²) in [6.45, 7) is 4.52. The smallest absolute Gasteiger partial charge is 0.306 e. The molecule has 0 aliphatic carbocycles. The van der Waals surface area contributed by atoms with Crippen molar-refractivity contribution in [1.82, 2.24) is 0 Å². The summed E-state index contributed by atoms with van der Waals surface area (Å²) in [5.41, 5.74) is 0. The number of ether oxygens (including phenoxy) is 4. The Kier molecular flexibility index (Phi) is 39.6. The van der Waals surface area contributed by atoms with Crippen molar-refractivity contribution < 1.29 is 42.9 Å². The molecule has 0 amide bonds. The van der Waals surface area contributed by atoms with Crippen molar-refractivity contribution in [3.05, 3.63) is 60.8 Å². The number of allylic oxidation sites excluding steroid dienone is 10. The lowest BCUT2D eigenvalue weighted by Crippen LogP contribution is -2.44. The van der Waals surface area contributed by atoms with Gasteiger partial charge in [-0.1, -0.05) is 171 Å². The minimum absolute atomic E-state index is 0.146. The van der Waals surface area contributed by atoms with Crippen LogP contribution in [0.2, 0.25) is 0 Å². The number of carboxylic acid groups (broad SMARTS) is 1. The first kappa shape index (κ1) is 56.0. The second kappa shape index (κ2) is 41.7. The van der Waals surface area contributed by atoms with Crippen molar-refractivity contribution >= 4 is 17.9 Å². The predicted octanol–water partition coefficient (Wildman–Crippen LogP) is 11.2. The van der Waals surface area contributed by atoms with Crippen molar-refractivity contribution in [3.63, 3.8) is 0 Å². The number of carbonyl (C=O) groups excluding carboxylic acids is 3. The molecular formula is C50H87NO8. The van der Waals surface area contributed by atoms with E-state index in [-0.39, 0.29) is 38.6 Å². The van der Waals surface area contributed by atoms with Crippen molar-refractivity contribution in [2.75, 3.05) is 47.5 Å². The van der Waals surface area contributed by atoms with Gasteiger partial charge in [-0.25, -0.2) is 0 Å². The van der Waals surface area contributed by atoms with E-state index in [2.05, 4.69) is 74.6 Å². The van der Waals surface area contributed by atoms with Crippen LogP contribution in [-0.4, -0.2) is 82.3 Å². The molecule has 0 aromatic rings. The second-order valence-electron chi connectivity index (χ2n) is 16.7. The van der Waals surface area contributed by atoms with Crippen molar-refractivity contribution in [1.29, 1.82) is 0 Å². The average molecular weight is 830 g/mol. The summed E-state index contributed by atoms with van der Waals surface area (Å²) < 4.78 is 22.4. The van der Waals surface area contributed by atoms with Crippen molar-refractivity contribution in [2.24, 2.45) is 0 Å². The van der Waals surface area contributed by atoms with Crippen LogP contribution in [0.25, 0.3) is 0 Å². The number of carboxylic acids is 1. The minimum Gasteiger partial charge on any atom is -0.545 e. The number of unbranched alkanes of at least 4 members (excludes halogenated alkanes) is 17. The molecule has 0 N–H and O–H groups in total. The van der Waals surface area contributed by atoms with Crippen molar-refractivity contribution in [3.8, 4) is 0 Å². The number of hydrogen-bond donors (Lipinski definition) is 0. The van der Waals surface area contributed by atoms with E-state index in [0.717, 1.165) is 83.5 Å². The monoisotopic (exact) mass is 830 g/mol. The quantitative estimate of drug-likeness (QED) is 0.0197. The van der Waals surface area contributed by atoms with Gasteiger partial charge in [0, 0.05) is 12.8 Å². The number of hydrogen-bond acceptors (Lipinski definition) is 8. The molecular weight excluding hydrogens is 743 g/mol. The lowest BCUT2D eigenvalue weighted by molar-refractivity contribution is -0.870. The van der Waals surface area contributed by atoms with Gasteiger partial charge in [-0.05, 0) is 57.8 Å². The maximum absolute atomic E-state index is 12.7. The normalized spacial score (nSPS) is 13.4. The third-order valence-corrected chi connectivity index (χ3v) is 9.78. The van der Waals surface area contributed by atoms with Crippen LogP contribution < -0.4 is 5.11 Å². The van der Waals surface area contributed by atoms with Gasteiger partial charge in [-0.2, -0.15) is 0 Å². The molecule has 2 unspecified atom stereocenters. The summed E-state index contributed by atoms with van der Waals surface area (Å²) in [7, 11) is 5.89. The highest BCUT2D eigenvalue weighted by Crippen LogP contribution is 2.15. The lowest BCUT2D eigenvalue weighted by atomic mass is 10.0. The molecule has 0 rings (SSSR count). The summed E-state index contributed by atoms with van der Waals surface area (Å²) in [5.74, 6) is -2.30. The van der Waals surface area contributed by atoms with E-state index in [9.17, 15) is 19.5 Å². The molecule has 0 bridgehead atoms. The second-order valence-corrected chi connectivity index (χ2v) is 16.7. The molecule has 340 valence electrons. The van der Waals surface area contributed by atoms with Crippen LogP contribution in [0.15, 0.2) is 60.8 Å². The van der Waals surface area contributed by atoms with E-state index >= 15 is 0 Å². The number of quaternary nitrogens is 1. The van der Waals surface area contributed by atoms with Gasteiger partial charge in [0.1, 0.15) is 13.2 Å². The van der Waals surface area contributed by atoms with E-state index in [0.29, 0.717) is 17.4 Å². The molecule has 9 heteroatoms. The molecule has 0 saturated heterocycles. The fraction of sp³-hybridized carbons (Fsp3) is 0.740. The Morgan fingerprint density at radius 2 is 0.966 bits per heavy atom. The van der Waals surface area contributed by atoms with Gasteiger partial charge in [0.15, 0.2) is 12.4 Å². The highest BCUT2D eigenvalue weighted by molar-refractivity contribution is 5.70. The summed E-state index contributed by atoms with van der Waals surface area (Å²) in [6, 6.07) is 0. The first-order chi connectivity index (χ1) is 28.6. The Bertz CT molecular complexity index is 1150. The minimum atomic E-state index is -1.62. The van der Waals surface area contributed by atoms with E-state index < -0.39 is 24.3 Å².